The van der Waals surface area contributed by atoms with Gasteiger partial charge in [-0.25, -0.2) is 4.21 Å². The van der Waals surface area contributed by atoms with Crippen LogP contribution in [-0.4, -0.2) is 31.8 Å². The Labute approximate surface area is 152 Å². The van der Waals surface area contributed by atoms with E-state index in [1.165, 1.54) is 6.07 Å². The van der Waals surface area contributed by atoms with Gasteiger partial charge in [0.2, 0.25) is 0 Å². The number of rotatable bonds is 6. The molecule has 0 amide bonds. The van der Waals surface area contributed by atoms with Crippen LogP contribution >= 0.6 is 23.2 Å². The molecule has 0 aliphatic rings. The van der Waals surface area contributed by atoms with Crippen molar-refractivity contribution in [2.45, 2.75) is 12.8 Å². The first-order valence-corrected chi connectivity index (χ1v) is 8.57. The molecule has 0 saturated heterocycles. The number of hydrogen-bond donors (Lipinski definition) is 1. The Bertz CT molecular complexity index is 804. The summed E-state index contributed by atoms with van der Waals surface area (Å²) in [7, 11) is -1.72. The standard InChI is InChI=1S/C13H10Cl2F3N3O3S/c14-10-4-8(24-13(16,17)18)5-11(15)9(10)1-2-25(23)21-12(19)3-7(6-22)20-21/h3-6H,1-2,19H2. The number of nitrogen functional groups attached to an aromatic ring is 1. The number of anilines is 1. The summed E-state index contributed by atoms with van der Waals surface area (Å²) in [6.07, 6.45) is -4.34. The maximum atomic E-state index is 12.2. The van der Waals surface area contributed by atoms with E-state index in [2.05, 4.69) is 9.84 Å². The Kier molecular flexibility index (Phi) is 5.96. The fourth-order valence-corrected chi connectivity index (χ4v) is 3.59. The second-order valence-corrected chi connectivity index (χ2v) is 6.89. The lowest BCUT2D eigenvalue weighted by molar-refractivity contribution is -0.274. The Morgan fingerprint density at radius 2 is 1.88 bits per heavy atom. The van der Waals surface area contributed by atoms with Crippen molar-refractivity contribution in [2.24, 2.45) is 0 Å². The number of carbonyl (C=O) groups excluding carboxylic acids is 1. The molecule has 0 spiro atoms. The lowest BCUT2D eigenvalue weighted by atomic mass is 10.1. The largest absolute Gasteiger partial charge is 0.573 e. The van der Waals surface area contributed by atoms with Crippen LogP contribution < -0.4 is 10.5 Å². The van der Waals surface area contributed by atoms with Crippen LogP contribution in [0.4, 0.5) is 19.0 Å². The molecule has 136 valence electrons. The normalized spacial score (nSPS) is 12.8. The quantitative estimate of drug-likeness (QED) is 0.731. The van der Waals surface area contributed by atoms with Gasteiger partial charge in [-0.3, -0.25) is 4.79 Å². The van der Waals surface area contributed by atoms with Crippen molar-refractivity contribution >= 4 is 46.3 Å². The number of aromatic nitrogens is 2. The Morgan fingerprint density at radius 3 is 2.36 bits per heavy atom. The number of nitrogens with two attached hydrogens (primary N) is 1. The minimum Gasteiger partial charge on any atom is -0.406 e. The third kappa shape index (κ3) is 5.10. The molecular weight excluding hydrogens is 406 g/mol. The highest BCUT2D eigenvalue weighted by Crippen LogP contribution is 2.33. The van der Waals surface area contributed by atoms with Crippen molar-refractivity contribution in [2.75, 3.05) is 11.5 Å². The SMILES string of the molecule is Nc1cc(C=O)nn1S(=O)CCc1c(Cl)cc(OC(F)(F)F)cc1Cl. The summed E-state index contributed by atoms with van der Waals surface area (Å²) in [5.41, 5.74) is 5.92. The highest BCUT2D eigenvalue weighted by Gasteiger charge is 2.31. The summed E-state index contributed by atoms with van der Waals surface area (Å²) in [5.74, 6) is -0.547. The highest BCUT2D eigenvalue weighted by molar-refractivity contribution is 7.83. The van der Waals surface area contributed by atoms with Gasteiger partial charge in [-0.2, -0.15) is 9.19 Å². The Balaban J connectivity index is 2.13. The summed E-state index contributed by atoms with van der Waals surface area (Å²) < 4.78 is 53.6. The Morgan fingerprint density at radius 1 is 1.28 bits per heavy atom. The third-order valence-electron chi connectivity index (χ3n) is 2.91. The van der Waals surface area contributed by atoms with Gasteiger partial charge >= 0.3 is 6.36 Å². The average molecular weight is 416 g/mol. The van der Waals surface area contributed by atoms with Crippen LogP contribution in [0.15, 0.2) is 18.2 Å². The third-order valence-corrected chi connectivity index (χ3v) is 4.82. The molecular formula is C13H10Cl2F3N3O3S. The Hall–Kier alpha value is -1.78. The van der Waals surface area contributed by atoms with Crippen LogP contribution in [0.25, 0.3) is 0 Å². The first-order valence-electron chi connectivity index (χ1n) is 6.54. The second-order valence-electron chi connectivity index (χ2n) is 4.67. The van der Waals surface area contributed by atoms with Gasteiger partial charge in [0.1, 0.15) is 28.2 Å². The molecule has 1 aromatic heterocycles. The average Bonchev–Trinajstić information content (AvgIpc) is 2.85. The molecule has 2 aromatic rings. The maximum Gasteiger partial charge on any atom is 0.573 e. The first-order chi connectivity index (χ1) is 11.6. The molecule has 0 fully saturated rings. The molecule has 0 aliphatic heterocycles. The molecule has 12 heteroatoms. The fourth-order valence-electron chi connectivity index (χ4n) is 1.91. The molecule has 1 heterocycles. The van der Waals surface area contributed by atoms with Gasteiger partial charge in [0.05, 0.1) is 0 Å². The molecule has 1 aromatic carbocycles. The molecule has 0 saturated carbocycles. The molecule has 6 nitrogen and oxygen atoms in total. The van der Waals surface area contributed by atoms with Gasteiger partial charge in [0.15, 0.2) is 6.29 Å². The maximum absolute atomic E-state index is 12.2. The molecule has 0 bridgehead atoms. The van der Waals surface area contributed by atoms with Crippen molar-refractivity contribution < 1.29 is 26.9 Å². The summed E-state index contributed by atoms with van der Waals surface area (Å²) >= 11 is 11.9. The van der Waals surface area contributed by atoms with Crippen molar-refractivity contribution in [1.29, 1.82) is 0 Å². The van der Waals surface area contributed by atoms with E-state index in [-0.39, 0.29) is 33.7 Å². The van der Waals surface area contributed by atoms with Gasteiger partial charge in [0.25, 0.3) is 0 Å². The van der Waals surface area contributed by atoms with Crippen molar-refractivity contribution in [3.8, 4) is 5.75 Å². The van der Waals surface area contributed by atoms with Crippen LogP contribution in [0.5, 0.6) is 5.75 Å². The minimum atomic E-state index is -4.87. The summed E-state index contributed by atoms with van der Waals surface area (Å²) in [6, 6.07) is 3.19. The molecule has 2 N–H and O–H groups in total. The summed E-state index contributed by atoms with van der Waals surface area (Å²) in [6.45, 7) is 0. The predicted octanol–water partition coefficient (Wildman–Crippen LogP) is 3.24. The van der Waals surface area contributed by atoms with E-state index in [4.69, 9.17) is 28.9 Å². The van der Waals surface area contributed by atoms with Crippen LogP contribution in [0.1, 0.15) is 16.1 Å². The molecule has 0 radical (unpaired) electrons. The van der Waals surface area contributed by atoms with E-state index in [0.29, 0.717) is 11.8 Å². The van der Waals surface area contributed by atoms with Gasteiger partial charge in [-0.15, -0.1) is 13.2 Å². The number of carbonyl (C=O) groups is 1. The highest BCUT2D eigenvalue weighted by atomic mass is 35.5. The zero-order valence-corrected chi connectivity index (χ0v) is 14.5. The van der Waals surface area contributed by atoms with Crippen LogP contribution in [0.2, 0.25) is 10.0 Å². The molecule has 1 unspecified atom stereocenters. The summed E-state index contributed by atoms with van der Waals surface area (Å²) in [5, 5.41) is 3.62. The number of hydrogen-bond acceptors (Lipinski definition) is 5. The number of aldehydes is 1. The zero-order chi connectivity index (χ0) is 18.8. The topological polar surface area (TPSA) is 87.2 Å². The zero-order valence-electron chi connectivity index (χ0n) is 12.2. The van der Waals surface area contributed by atoms with Crippen LogP contribution in [0.3, 0.4) is 0 Å². The lowest BCUT2D eigenvalue weighted by Gasteiger charge is -2.12. The van der Waals surface area contributed by atoms with Crippen molar-refractivity contribution in [3.05, 3.63) is 39.5 Å². The van der Waals surface area contributed by atoms with E-state index in [1.807, 2.05) is 0 Å². The van der Waals surface area contributed by atoms with Crippen LogP contribution in [-0.2, 0) is 17.4 Å². The van der Waals surface area contributed by atoms with Crippen molar-refractivity contribution in [1.82, 2.24) is 9.19 Å². The van der Waals surface area contributed by atoms with E-state index in [1.54, 1.807) is 0 Å². The van der Waals surface area contributed by atoms with E-state index < -0.39 is 23.1 Å². The number of halogens is 5. The second kappa shape index (κ2) is 7.63. The predicted molar refractivity (Wildman–Crippen MR) is 87.3 cm³/mol. The number of nitrogens with zero attached hydrogens (tertiary/aromatic N) is 2. The molecule has 2 rings (SSSR count). The molecule has 1 atom stereocenters. The monoisotopic (exact) mass is 415 g/mol. The van der Waals surface area contributed by atoms with Gasteiger partial charge in [0, 0.05) is 21.9 Å². The van der Waals surface area contributed by atoms with E-state index in [9.17, 15) is 22.2 Å². The number of alkyl halides is 3. The first kappa shape index (κ1) is 19.5. The number of benzene rings is 1. The summed E-state index contributed by atoms with van der Waals surface area (Å²) in [4.78, 5) is 10.6. The van der Waals surface area contributed by atoms with Gasteiger partial charge in [-0.05, 0) is 24.1 Å². The van der Waals surface area contributed by atoms with Gasteiger partial charge < -0.3 is 10.5 Å². The van der Waals surface area contributed by atoms with E-state index in [0.717, 1.165) is 16.2 Å². The minimum absolute atomic E-state index is 0.0237. The van der Waals surface area contributed by atoms with Gasteiger partial charge in [-0.1, -0.05) is 23.2 Å². The lowest BCUT2D eigenvalue weighted by Crippen LogP contribution is -2.17. The molecule has 25 heavy (non-hydrogen) atoms. The molecule has 0 aliphatic carbocycles. The van der Waals surface area contributed by atoms with E-state index >= 15 is 0 Å². The smallest absolute Gasteiger partial charge is 0.406 e. The fraction of sp³-hybridized carbons (Fsp3) is 0.231. The number of ether oxygens (including phenoxy) is 1. The van der Waals surface area contributed by atoms with Crippen LogP contribution in [0, 0.1) is 0 Å². The van der Waals surface area contributed by atoms with Crippen molar-refractivity contribution in [3.63, 3.8) is 0 Å².